The summed E-state index contributed by atoms with van der Waals surface area (Å²) in [5, 5.41) is 33.9. The minimum absolute atomic E-state index is 0.0152. The number of thiophene rings is 2. The summed E-state index contributed by atoms with van der Waals surface area (Å²) in [7, 11) is 0. The lowest BCUT2D eigenvalue weighted by Gasteiger charge is -2.07. The standard InChI is InChI=1S/C12H6N2OS.C12H8N2OS.C12H6N2OS.3C2H6/c1-3-7-11(10(4-13)14-2)8-5-16-6-9(8)12(7)15;1-3-7-10(9(6-13)14-2)12-8(11(7)15)4-5-16-12;1-3-7-10(9(6-13)14-2)8-4-5-16-12(8)11(7)15;3*1-2/h3,5-6H,1H3;3-5,8,12H,1H3;3-5H,1H3;3*1-2H3/b7-3-,11-10?;2*7-3-,10-9?;;;. The molecule has 54 heavy (non-hydrogen) atoms. The number of hydrogen-bond donors (Lipinski definition) is 0. The summed E-state index contributed by atoms with van der Waals surface area (Å²) in [6.45, 7) is 38.1. The molecule has 0 amide bonds. The largest absolute Gasteiger partial charge is 0.294 e. The minimum Gasteiger partial charge on any atom is -0.294 e. The van der Waals surface area contributed by atoms with E-state index in [9.17, 15) is 14.4 Å². The van der Waals surface area contributed by atoms with Crippen LogP contribution in [0.3, 0.4) is 0 Å². The number of nitrogens with zero attached hydrogens (tertiary/aromatic N) is 6. The van der Waals surface area contributed by atoms with Crippen LogP contribution in [0.4, 0.5) is 0 Å². The number of thioether (sulfide) groups is 1. The number of ketones is 3. The van der Waals surface area contributed by atoms with Crippen molar-refractivity contribution in [1.82, 2.24) is 0 Å². The van der Waals surface area contributed by atoms with Gasteiger partial charge in [0.15, 0.2) is 11.6 Å². The van der Waals surface area contributed by atoms with Crippen molar-refractivity contribution in [1.29, 1.82) is 15.8 Å². The molecule has 0 N–H and O–H groups in total. The molecular formula is C42H38N6O3S3. The highest BCUT2D eigenvalue weighted by Gasteiger charge is 2.44. The predicted molar refractivity (Wildman–Crippen MR) is 219 cm³/mol. The van der Waals surface area contributed by atoms with E-state index in [2.05, 4.69) is 14.5 Å². The van der Waals surface area contributed by atoms with E-state index in [0.717, 1.165) is 11.1 Å². The maximum Gasteiger partial charge on any atom is 0.270 e. The molecular weight excluding hydrogens is 733 g/mol. The third-order valence-electron chi connectivity index (χ3n) is 7.57. The lowest BCUT2D eigenvalue weighted by molar-refractivity contribution is -0.116. The Morgan fingerprint density at radius 3 is 1.67 bits per heavy atom. The van der Waals surface area contributed by atoms with Gasteiger partial charge in [-0.15, -0.1) is 23.1 Å². The van der Waals surface area contributed by atoms with Gasteiger partial charge in [-0.05, 0) is 59.7 Å². The van der Waals surface area contributed by atoms with Crippen LogP contribution in [-0.4, -0.2) is 22.6 Å². The molecule has 2 atom stereocenters. The topological polar surface area (TPSA) is 136 Å². The number of fused-ring (bicyclic) bond motifs is 3. The fraction of sp³-hybridized carbons (Fsp3) is 0.262. The van der Waals surface area contributed by atoms with Crippen LogP contribution >= 0.6 is 34.4 Å². The van der Waals surface area contributed by atoms with E-state index in [4.69, 9.17) is 35.5 Å². The maximum atomic E-state index is 12.0. The van der Waals surface area contributed by atoms with Gasteiger partial charge in [-0.3, -0.25) is 14.4 Å². The molecule has 2 aromatic rings. The summed E-state index contributed by atoms with van der Waals surface area (Å²) in [6, 6.07) is 7.36. The molecule has 4 aliphatic rings. The fourth-order valence-corrected chi connectivity index (χ4v) is 8.37. The third-order valence-corrected chi connectivity index (χ3v) is 10.4. The normalized spacial score (nSPS) is 21.3. The molecule has 9 nitrogen and oxygen atoms in total. The van der Waals surface area contributed by atoms with Crippen LogP contribution in [0, 0.1) is 59.6 Å². The predicted octanol–water partition coefficient (Wildman–Crippen LogP) is 11.6. The molecule has 0 saturated heterocycles. The highest BCUT2D eigenvalue weighted by Crippen LogP contribution is 2.47. The molecule has 3 heterocycles. The van der Waals surface area contributed by atoms with Crippen LogP contribution < -0.4 is 0 Å². The van der Waals surface area contributed by atoms with Gasteiger partial charge in [0.05, 0.1) is 48.7 Å². The molecule has 2 unspecified atom stereocenters. The Bertz CT molecular complexity index is 2120. The first kappa shape index (κ1) is 45.9. The summed E-state index contributed by atoms with van der Waals surface area (Å²) in [6.07, 6.45) is 6.87. The van der Waals surface area contributed by atoms with E-state index in [1.54, 1.807) is 55.8 Å². The number of Topliss-reactive ketones (excluding diaryl/α,β-unsaturated/α-hetero) is 3. The molecule has 272 valence electrons. The van der Waals surface area contributed by atoms with Crippen molar-refractivity contribution < 1.29 is 14.4 Å². The van der Waals surface area contributed by atoms with Crippen molar-refractivity contribution in [3.8, 4) is 18.2 Å². The molecule has 0 spiro atoms. The lowest BCUT2D eigenvalue weighted by Crippen LogP contribution is -2.10. The first-order valence-electron chi connectivity index (χ1n) is 16.9. The smallest absolute Gasteiger partial charge is 0.270 e. The van der Waals surface area contributed by atoms with Crippen LogP contribution in [0.15, 0.2) is 91.3 Å². The van der Waals surface area contributed by atoms with Gasteiger partial charge in [-0.25, -0.2) is 30.3 Å². The number of carbonyl (C=O) groups excluding carboxylic acids is 3. The van der Waals surface area contributed by atoms with Crippen molar-refractivity contribution in [3.05, 3.63) is 147 Å². The summed E-state index contributed by atoms with van der Waals surface area (Å²) in [5.41, 5.74) is 5.12. The Morgan fingerprint density at radius 2 is 1.19 bits per heavy atom. The molecule has 3 aliphatic carbocycles. The highest BCUT2D eigenvalue weighted by atomic mass is 32.2. The van der Waals surface area contributed by atoms with Gasteiger partial charge in [0, 0.05) is 44.1 Å². The summed E-state index contributed by atoms with van der Waals surface area (Å²) < 4.78 is 0. The molecule has 6 rings (SSSR count). The van der Waals surface area contributed by atoms with Gasteiger partial charge in [0.1, 0.15) is 0 Å². The number of carbonyl (C=O) groups is 3. The van der Waals surface area contributed by atoms with E-state index in [1.807, 2.05) is 76.6 Å². The number of nitriles is 3. The van der Waals surface area contributed by atoms with Gasteiger partial charge in [-0.1, -0.05) is 65.8 Å². The van der Waals surface area contributed by atoms with Gasteiger partial charge >= 0.3 is 0 Å². The molecule has 0 aromatic carbocycles. The Balaban J connectivity index is 0.000000378. The van der Waals surface area contributed by atoms with E-state index in [-0.39, 0.29) is 45.6 Å². The SMILES string of the molecule is CC.CC.CC.[C-]#[N+]C(C#N)=C1/C(=C/C)C(=O)C2C=CSC12.[C-]#[N+]C(C#N)=C1/C(=C/C)C(=O)c2cscc21.[C-]#[N+]C(C#N)=C1/C(=C/C)C(=O)c2sccc21. The summed E-state index contributed by atoms with van der Waals surface area (Å²) >= 11 is 4.26. The van der Waals surface area contributed by atoms with Gasteiger partial charge in [0.2, 0.25) is 5.78 Å². The average Bonchev–Trinajstić information content (AvgIpc) is 4.08. The molecule has 1 fully saturated rings. The second-order valence-electron chi connectivity index (χ2n) is 9.78. The lowest BCUT2D eigenvalue weighted by atomic mass is 10.0. The zero-order valence-corrected chi connectivity index (χ0v) is 33.9. The second-order valence-corrected chi connectivity index (χ2v) is 12.5. The van der Waals surface area contributed by atoms with E-state index >= 15 is 0 Å². The quantitative estimate of drug-likeness (QED) is 0.148. The van der Waals surface area contributed by atoms with Crippen LogP contribution in [0.2, 0.25) is 0 Å². The van der Waals surface area contributed by atoms with E-state index in [0.29, 0.717) is 43.9 Å². The first-order chi connectivity index (χ1) is 26.2. The minimum atomic E-state index is -0.184. The monoisotopic (exact) mass is 770 g/mol. The molecule has 12 heteroatoms. The van der Waals surface area contributed by atoms with Crippen molar-refractivity contribution >= 4 is 62.9 Å². The maximum absolute atomic E-state index is 12.0. The van der Waals surface area contributed by atoms with Crippen LogP contribution in [-0.2, 0) is 4.79 Å². The number of allylic oxidation sites excluding steroid dienone is 12. The first-order valence-corrected chi connectivity index (χ1v) is 19.6. The van der Waals surface area contributed by atoms with Gasteiger partial charge in [-0.2, -0.15) is 11.3 Å². The zero-order valence-electron chi connectivity index (χ0n) is 31.5. The Labute approximate surface area is 330 Å². The molecule has 0 bridgehead atoms. The van der Waals surface area contributed by atoms with Crippen molar-refractivity contribution in [3.63, 3.8) is 0 Å². The third kappa shape index (κ3) is 8.90. The summed E-state index contributed by atoms with van der Waals surface area (Å²) in [5.74, 6) is -0.333. The second kappa shape index (κ2) is 22.7. The van der Waals surface area contributed by atoms with Crippen LogP contribution in [0.1, 0.15) is 93.5 Å². The number of hydrogen-bond acceptors (Lipinski definition) is 9. The number of rotatable bonds is 0. The van der Waals surface area contributed by atoms with Crippen molar-refractivity contribution in [2.24, 2.45) is 5.92 Å². The van der Waals surface area contributed by atoms with Crippen LogP contribution in [0.25, 0.3) is 25.7 Å². The molecule has 1 saturated carbocycles. The highest BCUT2D eigenvalue weighted by molar-refractivity contribution is 8.03. The average molecular weight is 771 g/mol. The Hall–Kier alpha value is -6.12. The molecule has 1 aliphatic heterocycles. The van der Waals surface area contributed by atoms with E-state index in [1.165, 1.54) is 34.4 Å². The molecule has 2 aromatic heterocycles. The Kier molecular flexibility index (Phi) is 19.3. The van der Waals surface area contributed by atoms with Crippen molar-refractivity contribution in [2.45, 2.75) is 67.6 Å². The molecule has 0 radical (unpaired) electrons. The van der Waals surface area contributed by atoms with E-state index < -0.39 is 0 Å². The Morgan fingerprint density at radius 1 is 0.704 bits per heavy atom. The van der Waals surface area contributed by atoms with Crippen molar-refractivity contribution in [2.75, 3.05) is 0 Å². The van der Waals surface area contributed by atoms with Gasteiger partial charge in [0.25, 0.3) is 17.1 Å². The zero-order chi connectivity index (χ0) is 41.1. The van der Waals surface area contributed by atoms with Crippen LogP contribution in [0.5, 0.6) is 0 Å². The fourth-order valence-electron chi connectivity index (χ4n) is 5.51. The summed E-state index contributed by atoms with van der Waals surface area (Å²) in [4.78, 5) is 46.0. The van der Waals surface area contributed by atoms with Gasteiger partial charge < -0.3 is 0 Å².